The first kappa shape index (κ1) is 17.0. The number of amidine groups is 1. The van der Waals surface area contributed by atoms with Crippen LogP contribution in [0.5, 0.6) is 0 Å². The Morgan fingerprint density at radius 3 is 2.79 bits per heavy atom. The van der Waals surface area contributed by atoms with E-state index >= 15 is 0 Å². The van der Waals surface area contributed by atoms with Gasteiger partial charge in [0.15, 0.2) is 9.63 Å². The molecule has 1 unspecified atom stereocenters. The van der Waals surface area contributed by atoms with E-state index in [0.29, 0.717) is 21.0 Å². The zero-order valence-electron chi connectivity index (χ0n) is 12.7. The van der Waals surface area contributed by atoms with Gasteiger partial charge in [0.25, 0.3) is 5.91 Å². The Hall–Kier alpha value is -1.83. The zero-order chi connectivity index (χ0) is 17.1. The second-order valence-corrected chi connectivity index (χ2v) is 7.56. The summed E-state index contributed by atoms with van der Waals surface area (Å²) in [5, 5.41) is 10.3. The van der Waals surface area contributed by atoms with Crippen molar-refractivity contribution < 1.29 is 9.90 Å². The molecular formula is C16H14ClN3O2S2. The average Bonchev–Trinajstić information content (AvgIpc) is 3.22. The summed E-state index contributed by atoms with van der Waals surface area (Å²) in [5.41, 5.74) is 0.873. The lowest BCUT2D eigenvalue weighted by Crippen LogP contribution is -2.34. The quantitative estimate of drug-likeness (QED) is 0.646. The largest absolute Gasteiger partial charge is 0.515 e. The second kappa shape index (κ2) is 7.38. The fourth-order valence-electron chi connectivity index (χ4n) is 2.46. The number of carbonyl (C=O) groups is 1. The Kier molecular flexibility index (Phi) is 5.23. The summed E-state index contributed by atoms with van der Waals surface area (Å²) in [5.74, 6) is 0.369. The fraction of sp³-hybridized carbons (Fsp3) is 0.188. The number of thioether (sulfide) groups is 1. The topological polar surface area (TPSA) is 65.8 Å². The van der Waals surface area contributed by atoms with E-state index in [0.717, 1.165) is 11.1 Å². The van der Waals surface area contributed by atoms with E-state index in [1.54, 1.807) is 30.3 Å². The van der Waals surface area contributed by atoms with Gasteiger partial charge in [-0.2, -0.15) is 0 Å². The lowest BCUT2D eigenvalue weighted by Gasteiger charge is -2.23. The molecule has 1 amide bonds. The van der Waals surface area contributed by atoms with Crippen LogP contribution in [0.3, 0.4) is 0 Å². The van der Waals surface area contributed by atoms with E-state index in [4.69, 9.17) is 11.6 Å². The van der Waals surface area contributed by atoms with Gasteiger partial charge >= 0.3 is 0 Å². The molecule has 2 heterocycles. The van der Waals surface area contributed by atoms with Gasteiger partial charge in [0.1, 0.15) is 0 Å². The van der Waals surface area contributed by atoms with Crippen molar-refractivity contribution in [3.8, 4) is 0 Å². The van der Waals surface area contributed by atoms with E-state index in [1.165, 1.54) is 23.1 Å². The molecule has 0 saturated carbocycles. The molecule has 1 aliphatic rings. The molecule has 1 aromatic heterocycles. The molecule has 0 radical (unpaired) electrons. The van der Waals surface area contributed by atoms with E-state index in [2.05, 4.69) is 9.98 Å². The minimum Gasteiger partial charge on any atom is -0.515 e. The number of hydrogen-bond donors (Lipinski definition) is 1. The van der Waals surface area contributed by atoms with Crippen LogP contribution < -0.4 is 0 Å². The van der Waals surface area contributed by atoms with E-state index in [9.17, 15) is 9.90 Å². The number of aliphatic hydroxyl groups is 1. The van der Waals surface area contributed by atoms with E-state index in [-0.39, 0.29) is 17.5 Å². The standard InChI is InChI=1S/C16H14ClN3O2S2/c1-18-16-20(12(9-23-16)13-7-19-15(17)24-13)14(22)11(8-21)10-5-3-2-4-6-10/h2-8,12,21H,9H2,1H3/b11-8+,18-16?. The average molecular weight is 380 g/mol. The summed E-state index contributed by atoms with van der Waals surface area (Å²) in [7, 11) is 1.65. The molecule has 8 heteroatoms. The number of thiazole rings is 1. The number of aromatic nitrogens is 1. The van der Waals surface area contributed by atoms with Crippen molar-refractivity contribution in [3.63, 3.8) is 0 Å². The third-order valence-corrected chi connectivity index (χ3v) is 5.90. The van der Waals surface area contributed by atoms with Crippen molar-refractivity contribution in [1.29, 1.82) is 0 Å². The van der Waals surface area contributed by atoms with Crippen LogP contribution in [-0.2, 0) is 4.79 Å². The van der Waals surface area contributed by atoms with Crippen LogP contribution in [0.2, 0.25) is 4.47 Å². The van der Waals surface area contributed by atoms with Crippen LogP contribution in [0.15, 0.2) is 47.8 Å². The van der Waals surface area contributed by atoms with Gasteiger partial charge in [-0.15, -0.1) is 11.3 Å². The monoisotopic (exact) mass is 379 g/mol. The number of aliphatic hydroxyl groups excluding tert-OH is 1. The minimum atomic E-state index is -0.302. The van der Waals surface area contributed by atoms with Gasteiger partial charge in [-0.25, -0.2) is 4.98 Å². The number of aliphatic imine (C=N–C) groups is 1. The number of rotatable bonds is 3. The Labute approximate surface area is 152 Å². The third-order valence-electron chi connectivity index (χ3n) is 3.57. The Bertz CT molecular complexity index is 805. The first-order chi connectivity index (χ1) is 11.7. The van der Waals surface area contributed by atoms with Crippen molar-refractivity contribution in [1.82, 2.24) is 9.88 Å². The highest BCUT2D eigenvalue weighted by atomic mass is 35.5. The Morgan fingerprint density at radius 1 is 1.46 bits per heavy atom. The first-order valence-corrected chi connectivity index (χ1v) is 9.28. The molecule has 2 aromatic rings. The van der Waals surface area contributed by atoms with Gasteiger partial charge < -0.3 is 5.11 Å². The maximum absolute atomic E-state index is 13.1. The van der Waals surface area contributed by atoms with Crippen LogP contribution in [0.1, 0.15) is 16.5 Å². The fourth-order valence-corrected chi connectivity index (χ4v) is 4.73. The van der Waals surface area contributed by atoms with Crippen LogP contribution in [0.25, 0.3) is 5.57 Å². The SMILES string of the molecule is CN=C1SCC(c2cnc(Cl)s2)N1C(=O)/C(=C/O)c1ccccc1. The molecule has 0 aliphatic carbocycles. The van der Waals surface area contributed by atoms with Gasteiger partial charge in [0.05, 0.1) is 17.9 Å². The van der Waals surface area contributed by atoms with Crippen molar-refractivity contribution >= 4 is 51.3 Å². The summed E-state index contributed by atoms with van der Waals surface area (Å²) in [6, 6.07) is 8.86. The summed E-state index contributed by atoms with van der Waals surface area (Å²) in [4.78, 5) is 23.9. The van der Waals surface area contributed by atoms with Crippen molar-refractivity contribution in [2.75, 3.05) is 12.8 Å². The predicted octanol–water partition coefficient (Wildman–Crippen LogP) is 4.00. The molecular weight excluding hydrogens is 366 g/mol. The minimum absolute atomic E-state index is 0.204. The smallest absolute Gasteiger partial charge is 0.264 e. The number of nitrogens with zero attached hydrogens (tertiary/aromatic N) is 3. The van der Waals surface area contributed by atoms with E-state index < -0.39 is 0 Å². The highest BCUT2D eigenvalue weighted by molar-refractivity contribution is 8.14. The molecule has 1 N–H and O–H groups in total. The maximum Gasteiger partial charge on any atom is 0.264 e. The highest BCUT2D eigenvalue weighted by Gasteiger charge is 2.38. The van der Waals surface area contributed by atoms with Crippen LogP contribution in [0, 0.1) is 0 Å². The zero-order valence-corrected chi connectivity index (χ0v) is 15.1. The molecule has 1 fully saturated rings. The number of hydrogen-bond acceptors (Lipinski definition) is 6. The lowest BCUT2D eigenvalue weighted by atomic mass is 10.1. The molecule has 0 spiro atoms. The number of amides is 1. The lowest BCUT2D eigenvalue weighted by molar-refractivity contribution is -0.122. The van der Waals surface area contributed by atoms with Crippen molar-refractivity contribution in [2.24, 2.45) is 4.99 Å². The van der Waals surface area contributed by atoms with Gasteiger partial charge in [-0.1, -0.05) is 53.7 Å². The van der Waals surface area contributed by atoms with Crippen molar-refractivity contribution in [2.45, 2.75) is 6.04 Å². The molecule has 1 atom stereocenters. The Balaban J connectivity index is 1.98. The third kappa shape index (κ3) is 3.19. The molecule has 5 nitrogen and oxygen atoms in total. The second-order valence-electron chi connectivity index (χ2n) is 4.93. The van der Waals surface area contributed by atoms with Gasteiger partial charge in [0, 0.05) is 23.9 Å². The van der Waals surface area contributed by atoms with E-state index in [1.807, 2.05) is 18.2 Å². The normalized spacial score (nSPS) is 19.9. The summed E-state index contributed by atoms with van der Waals surface area (Å²) < 4.78 is 0.435. The summed E-state index contributed by atoms with van der Waals surface area (Å²) in [6.45, 7) is 0. The summed E-state index contributed by atoms with van der Waals surface area (Å²) >= 11 is 8.78. The Morgan fingerprint density at radius 2 is 2.21 bits per heavy atom. The maximum atomic E-state index is 13.1. The first-order valence-electron chi connectivity index (χ1n) is 7.10. The van der Waals surface area contributed by atoms with Crippen LogP contribution in [0.4, 0.5) is 0 Å². The highest BCUT2D eigenvalue weighted by Crippen LogP contribution is 2.40. The van der Waals surface area contributed by atoms with Crippen molar-refractivity contribution in [3.05, 3.63) is 57.7 Å². The van der Waals surface area contributed by atoms with Crippen LogP contribution in [-0.4, -0.2) is 38.9 Å². The summed E-state index contributed by atoms with van der Waals surface area (Å²) in [6.07, 6.45) is 2.53. The molecule has 124 valence electrons. The van der Waals surface area contributed by atoms with Gasteiger partial charge in [-0.05, 0) is 5.56 Å². The molecule has 1 aromatic carbocycles. The molecule has 0 bridgehead atoms. The number of carbonyl (C=O) groups excluding carboxylic acids is 1. The number of benzene rings is 1. The molecule has 24 heavy (non-hydrogen) atoms. The van der Waals surface area contributed by atoms with Gasteiger partial charge in [-0.3, -0.25) is 14.7 Å². The predicted molar refractivity (Wildman–Crippen MR) is 99.6 cm³/mol. The van der Waals surface area contributed by atoms with Gasteiger partial charge in [0.2, 0.25) is 0 Å². The molecule has 1 saturated heterocycles. The van der Waals surface area contributed by atoms with Crippen LogP contribution >= 0.6 is 34.7 Å². The molecule has 3 rings (SSSR count). The number of halogens is 1. The molecule has 1 aliphatic heterocycles.